The molecule has 0 saturated carbocycles. The van der Waals surface area contributed by atoms with E-state index in [9.17, 15) is 8.42 Å². The third-order valence-electron chi connectivity index (χ3n) is 2.97. The van der Waals surface area contributed by atoms with Gasteiger partial charge in [-0.3, -0.25) is 0 Å². The van der Waals surface area contributed by atoms with E-state index in [4.69, 9.17) is 15.2 Å². The molecule has 0 unspecified atom stereocenters. The zero-order valence-electron chi connectivity index (χ0n) is 12.1. The first-order valence-corrected chi connectivity index (χ1v) is 7.71. The SMILES string of the molecule is COCCN(CCOC)S(=O)(=O)c1ccc(N)c(C)c1. The second-order valence-electron chi connectivity index (χ2n) is 4.41. The fourth-order valence-corrected chi connectivity index (χ4v) is 3.19. The second kappa shape index (κ2) is 7.58. The van der Waals surface area contributed by atoms with Gasteiger partial charge in [0.05, 0.1) is 18.1 Å². The van der Waals surface area contributed by atoms with Crippen LogP contribution in [0.4, 0.5) is 5.69 Å². The molecular formula is C13H22N2O4S. The van der Waals surface area contributed by atoms with Crippen molar-refractivity contribution in [2.45, 2.75) is 11.8 Å². The molecule has 0 saturated heterocycles. The highest BCUT2D eigenvalue weighted by atomic mass is 32.2. The van der Waals surface area contributed by atoms with Crippen molar-refractivity contribution in [3.05, 3.63) is 23.8 Å². The molecule has 0 atom stereocenters. The quantitative estimate of drug-likeness (QED) is 0.720. The summed E-state index contributed by atoms with van der Waals surface area (Å²) in [5.41, 5.74) is 7.03. The van der Waals surface area contributed by atoms with E-state index >= 15 is 0 Å². The second-order valence-corrected chi connectivity index (χ2v) is 6.35. The molecule has 0 fully saturated rings. The number of nitrogen functional groups attached to an aromatic ring is 1. The molecule has 1 aromatic rings. The number of sulfonamides is 1. The van der Waals surface area contributed by atoms with Crippen molar-refractivity contribution in [1.29, 1.82) is 0 Å². The Bertz CT molecular complexity index is 523. The number of anilines is 1. The first-order chi connectivity index (χ1) is 9.43. The summed E-state index contributed by atoms with van der Waals surface area (Å²) in [6, 6.07) is 4.70. The number of nitrogens with two attached hydrogens (primary N) is 1. The number of rotatable bonds is 8. The smallest absolute Gasteiger partial charge is 0.243 e. The third kappa shape index (κ3) is 4.17. The van der Waals surface area contributed by atoms with Crippen LogP contribution in [0, 0.1) is 6.92 Å². The lowest BCUT2D eigenvalue weighted by Crippen LogP contribution is -2.36. The Labute approximate surface area is 120 Å². The summed E-state index contributed by atoms with van der Waals surface area (Å²) in [5.74, 6) is 0. The number of benzene rings is 1. The van der Waals surface area contributed by atoms with Gasteiger partial charge in [0, 0.05) is 33.0 Å². The van der Waals surface area contributed by atoms with Crippen LogP contribution in [-0.4, -0.2) is 53.2 Å². The van der Waals surface area contributed by atoms with Crippen molar-refractivity contribution in [3.8, 4) is 0 Å². The number of methoxy groups -OCH3 is 2. The van der Waals surface area contributed by atoms with Crippen LogP contribution in [-0.2, 0) is 19.5 Å². The lowest BCUT2D eigenvalue weighted by Gasteiger charge is -2.22. The standard InChI is InChI=1S/C13H22N2O4S/c1-11-10-12(4-5-13(11)14)20(16,17)15(6-8-18-2)7-9-19-3/h4-5,10H,6-9,14H2,1-3H3. The van der Waals surface area contributed by atoms with E-state index in [2.05, 4.69) is 0 Å². The Morgan fingerprint density at radius 2 is 1.70 bits per heavy atom. The number of hydrogen-bond donors (Lipinski definition) is 1. The van der Waals surface area contributed by atoms with Gasteiger partial charge in [-0.15, -0.1) is 0 Å². The van der Waals surface area contributed by atoms with Crippen molar-refractivity contribution in [1.82, 2.24) is 4.31 Å². The molecule has 1 rings (SSSR count). The molecule has 0 amide bonds. The molecule has 1 aromatic carbocycles. The molecule has 0 heterocycles. The summed E-state index contributed by atoms with van der Waals surface area (Å²) in [6.07, 6.45) is 0. The molecule has 0 aliphatic carbocycles. The topological polar surface area (TPSA) is 81.9 Å². The molecule has 114 valence electrons. The van der Waals surface area contributed by atoms with Crippen LogP contribution in [0.2, 0.25) is 0 Å². The maximum atomic E-state index is 12.6. The summed E-state index contributed by atoms with van der Waals surface area (Å²) in [7, 11) is -0.495. The van der Waals surface area contributed by atoms with Crippen LogP contribution in [0.15, 0.2) is 23.1 Å². The summed E-state index contributed by atoms with van der Waals surface area (Å²) in [4.78, 5) is 0.233. The molecule has 0 radical (unpaired) electrons. The van der Waals surface area contributed by atoms with Gasteiger partial charge in [0.25, 0.3) is 0 Å². The third-order valence-corrected chi connectivity index (χ3v) is 4.86. The van der Waals surface area contributed by atoms with Gasteiger partial charge in [-0.25, -0.2) is 8.42 Å². The van der Waals surface area contributed by atoms with Gasteiger partial charge in [0.15, 0.2) is 0 Å². The van der Waals surface area contributed by atoms with Crippen molar-refractivity contribution in [3.63, 3.8) is 0 Å². The highest BCUT2D eigenvalue weighted by Crippen LogP contribution is 2.20. The van der Waals surface area contributed by atoms with Crippen molar-refractivity contribution in [2.75, 3.05) is 46.3 Å². The van der Waals surface area contributed by atoms with E-state index in [0.717, 1.165) is 5.56 Å². The molecule has 0 aliphatic rings. The van der Waals surface area contributed by atoms with E-state index in [-0.39, 0.29) is 18.0 Å². The first kappa shape index (κ1) is 16.9. The van der Waals surface area contributed by atoms with Crippen LogP contribution in [0.25, 0.3) is 0 Å². The maximum Gasteiger partial charge on any atom is 0.243 e. The normalized spacial score (nSPS) is 12.0. The molecule has 0 spiro atoms. The average molecular weight is 302 g/mol. The van der Waals surface area contributed by atoms with E-state index in [0.29, 0.717) is 18.9 Å². The van der Waals surface area contributed by atoms with Gasteiger partial charge in [-0.05, 0) is 30.7 Å². The van der Waals surface area contributed by atoms with Crippen LogP contribution >= 0.6 is 0 Å². The Morgan fingerprint density at radius 3 is 2.15 bits per heavy atom. The van der Waals surface area contributed by atoms with E-state index < -0.39 is 10.0 Å². The highest BCUT2D eigenvalue weighted by molar-refractivity contribution is 7.89. The highest BCUT2D eigenvalue weighted by Gasteiger charge is 2.24. The zero-order valence-corrected chi connectivity index (χ0v) is 12.9. The van der Waals surface area contributed by atoms with Gasteiger partial charge in [0.1, 0.15) is 0 Å². The lowest BCUT2D eigenvalue weighted by atomic mass is 10.2. The molecule has 6 nitrogen and oxygen atoms in total. The monoisotopic (exact) mass is 302 g/mol. The number of aryl methyl sites for hydroxylation is 1. The Morgan fingerprint density at radius 1 is 1.15 bits per heavy atom. The summed E-state index contributed by atoms with van der Waals surface area (Å²) >= 11 is 0. The first-order valence-electron chi connectivity index (χ1n) is 6.27. The largest absolute Gasteiger partial charge is 0.399 e. The number of nitrogens with zero attached hydrogens (tertiary/aromatic N) is 1. The molecule has 0 aromatic heterocycles. The maximum absolute atomic E-state index is 12.6. The van der Waals surface area contributed by atoms with E-state index in [1.807, 2.05) is 0 Å². The zero-order chi connectivity index (χ0) is 15.2. The minimum Gasteiger partial charge on any atom is -0.399 e. The van der Waals surface area contributed by atoms with Crippen molar-refractivity contribution < 1.29 is 17.9 Å². The molecule has 2 N–H and O–H groups in total. The van der Waals surface area contributed by atoms with Gasteiger partial charge < -0.3 is 15.2 Å². The van der Waals surface area contributed by atoms with Crippen LogP contribution < -0.4 is 5.73 Å². The summed E-state index contributed by atoms with van der Waals surface area (Å²) in [5, 5.41) is 0. The van der Waals surface area contributed by atoms with Crippen LogP contribution in [0.5, 0.6) is 0 Å². The van der Waals surface area contributed by atoms with Gasteiger partial charge in [-0.2, -0.15) is 4.31 Å². The van der Waals surface area contributed by atoms with Crippen molar-refractivity contribution >= 4 is 15.7 Å². The van der Waals surface area contributed by atoms with Gasteiger partial charge in [0.2, 0.25) is 10.0 Å². The fourth-order valence-electron chi connectivity index (χ4n) is 1.70. The van der Waals surface area contributed by atoms with E-state index in [1.165, 1.54) is 24.6 Å². The number of hydrogen-bond acceptors (Lipinski definition) is 5. The predicted molar refractivity (Wildman–Crippen MR) is 78.1 cm³/mol. The minimum atomic E-state index is -3.57. The number of ether oxygens (including phenoxy) is 2. The minimum absolute atomic E-state index is 0.233. The Hall–Kier alpha value is -1.15. The molecule has 20 heavy (non-hydrogen) atoms. The lowest BCUT2D eigenvalue weighted by molar-refractivity contribution is 0.150. The summed E-state index contributed by atoms with van der Waals surface area (Å²) < 4.78 is 36.4. The Balaban J connectivity index is 3.03. The molecular weight excluding hydrogens is 280 g/mol. The molecule has 7 heteroatoms. The summed E-state index contributed by atoms with van der Waals surface area (Å²) in [6.45, 7) is 3.01. The molecule has 0 bridgehead atoms. The molecule has 0 aliphatic heterocycles. The fraction of sp³-hybridized carbons (Fsp3) is 0.538. The Kier molecular flexibility index (Phi) is 6.41. The van der Waals surface area contributed by atoms with Gasteiger partial charge >= 0.3 is 0 Å². The van der Waals surface area contributed by atoms with Crippen LogP contribution in [0.1, 0.15) is 5.56 Å². The van der Waals surface area contributed by atoms with Gasteiger partial charge in [-0.1, -0.05) is 0 Å². The van der Waals surface area contributed by atoms with Crippen molar-refractivity contribution in [2.24, 2.45) is 0 Å². The predicted octanol–water partition coefficient (Wildman–Crippen LogP) is 0.861. The van der Waals surface area contributed by atoms with Crippen LogP contribution in [0.3, 0.4) is 0 Å². The average Bonchev–Trinajstić information content (AvgIpc) is 2.41. The van der Waals surface area contributed by atoms with E-state index in [1.54, 1.807) is 19.1 Å².